The maximum absolute atomic E-state index is 11.8. The predicted molar refractivity (Wildman–Crippen MR) is 56.4 cm³/mol. The fourth-order valence-corrected chi connectivity index (χ4v) is 3.41. The summed E-state index contributed by atoms with van der Waals surface area (Å²) >= 11 is 1.06. The van der Waals surface area contributed by atoms with E-state index in [4.69, 9.17) is 5.11 Å². The van der Waals surface area contributed by atoms with E-state index in [-0.39, 0.29) is 4.21 Å². The number of carbonyl (C=O) groups is 1. The number of hydrogen-bond donors (Lipinski definition) is 1. The van der Waals surface area contributed by atoms with Crippen molar-refractivity contribution in [2.24, 2.45) is 0 Å². The first kappa shape index (κ1) is 12.2. The molecule has 84 valence electrons. The minimum atomic E-state index is -3.67. The second-order valence-electron chi connectivity index (χ2n) is 2.97. The van der Waals surface area contributed by atoms with Crippen LogP contribution in [0.25, 0.3) is 0 Å². The van der Waals surface area contributed by atoms with Crippen LogP contribution in [0.4, 0.5) is 0 Å². The van der Waals surface area contributed by atoms with Crippen molar-refractivity contribution < 1.29 is 18.3 Å². The van der Waals surface area contributed by atoms with Gasteiger partial charge in [0.05, 0.1) is 0 Å². The second kappa shape index (κ2) is 4.30. The highest BCUT2D eigenvalue weighted by atomic mass is 32.2. The van der Waals surface area contributed by atoms with Crippen molar-refractivity contribution in [1.82, 2.24) is 4.31 Å². The molecule has 0 spiro atoms. The molecule has 1 rings (SSSR count). The fraction of sp³-hybridized carbons (Fsp3) is 0.375. The van der Waals surface area contributed by atoms with Gasteiger partial charge in [-0.25, -0.2) is 8.42 Å². The van der Waals surface area contributed by atoms with E-state index in [1.165, 1.54) is 20.0 Å². The molecule has 0 aliphatic heterocycles. The van der Waals surface area contributed by atoms with Crippen LogP contribution >= 0.6 is 11.3 Å². The lowest BCUT2D eigenvalue weighted by Gasteiger charge is -2.19. The van der Waals surface area contributed by atoms with Gasteiger partial charge in [0.25, 0.3) is 10.0 Å². The molecule has 0 saturated carbocycles. The van der Waals surface area contributed by atoms with Gasteiger partial charge in [0.15, 0.2) is 0 Å². The van der Waals surface area contributed by atoms with Crippen LogP contribution in [0.3, 0.4) is 0 Å². The zero-order valence-corrected chi connectivity index (χ0v) is 9.88. The van der Waals surface area contributed by atoms with Crippen LogP contribution in [0.2, 0.25) is 0 Å². The van der Waals surface area contributed by atoms with Crippen molar-refractivity contribution in [2.45, 2.75) is 17.2 Å². The smallest absolute Gasteiger partial charge is 0.321 e. The summed E-state index contributed by atoms with van der Waals surface area (Å²) in [5.74, 6) is -1.17. The van der Waals surface area contributed by atoms with Crippen LogP contribution in [-0.2, 0) is 14.8 Å². The Hall–Kier alpha value is -0.920. The summed E-state index contributed by atoms with van der Waals surface area (Å²) in [5, 5.41) is 10.3. The molecule has 0 radical (unpaired) electrons. The van der Waals surface area contributed by atoms with Gasteiger partial charge in [-0.3, -0.25) is 4.79 Å². The topological polar surface area (TPSA) is 74.7 Å². The van der Waals surface area contributed by atoms with Crippen LogP contribution in [0.5, 0.6) is 0 Å². The van der Waals surface area contributed by atoms with E-state index >= 15 is 0 Å². The Bertz CT molecular complexity index is 437. The quantitative estimate of drug-likeness (QED) is 0.858. The van der Waals surface area contributed by atoms with E-state index in [1.54, 1.807) is 11.4 Å². The van der Waals surface area contributed by atoms with E-state index in [0.29, 0.717) is 0 Å². The minimum absolute atomic E-state index is 0.151. The fourth-order valence-electron chi connectivity index (χ4n) is 0.916. The van der Waals surface area contributed by atoms with Gasteiger partial charge < -0.3 is 5.11 Å². The number of likely N-dealkylation sites (N-methyl/N-ethyl adjacent to an activating group) is 1. The molecular weight excluding hydrogens is 238 g/mol. The molecule has 1 N–H and O–H groups in total. The van der Waals surface area contributed by atoms with E-state index in [0.717, 1.165) is 15.6 Å². The molecule has 1 atom stereocenters. The Labute approximate surface area is 92.0 Å². The Balaban J connectivity index is 3.03. The van der Waals surface area contributed by atoms with E-state index in [1.807, 2.05) is 0 Å². The second-order valence-corrected chi connectivity index (χ2v) is 6.14. The number of thiophene rings is 1. The highest BCUT2D eigenvalue weighted by Crippen LogP contribution is 2.21. The molecule has 0 fully saturated rings. The summed E-state index contributed by atoms with van der Waals surface area (Å²) in [6, 6.07) is 1.99. The lowest BCUT2D eigenvalue weighted by Crippen LogP contribution is -2.39. The molecule has 0 saturated heterocycles. The summed E-state index contributed by atoms with van der Waals surface area (Å²) in [6.45, 7) is 1.33. The molecule has 0 aromatic carbocycles. The van der Waals surface area contributed by atoms with Gasteiger partial charge in [0, 0.05) is 7.05 Å². The largest absolute Gasteiger partial charge is 0.480 e. The molecule has 1 aromatic heterocycles. The monoisotopic (exact) mass is 249 g/mol. The van der Waals surface area contributed by atoms with Crippen molar-refractivity contribution >= 4 is 27.3 Å². The van der Waals surface area contributed by atoms with E-state index < -0.39 is 22.0 Å². The third-order valence-electron chi connectivity index (χ3n) is 2.03. The lowest BCUT2D eigenvalue weighted by atomic mass is 10.4. The normalized spacial score (nSPS) is 14.1. The average Bonchev–Trinajstić information content (AvgIpc) is 2.68. The van der Waals surface area contributed by atoms with E-state index in [2.05, 4.69) is 0 Å². The summed E-state index contributed by atoms with van der Waals surface area (Å²) in [6.07, 6.45) is 0. The molecule has 0 bridgehead atoms. The lowest BCUT2D eigenvalue weighted by molar-refractivity contribution is -0.140. The Morgan fingerprint density at radius 2 is 2.20 bits per heavy atom. The number of rotatable bonds is 4. The molecule has 7 heteroatoms. The van der Waals surface area contributed by atoms with Crippen molar-refractivity contribution in [1.29, 1.82) is 0 Å². The zero-order chi connectivity index (χ0) is 11.6. The number of carboxylic acids is 1. The van der Waals surface area contributed by atoms with Gasteiger partial charge in [-0.05, 0) is 18.4 Å². The van der Waals surface area contributed by atoms with Gasteiger partial charge in [-0.2, -0.15) is 4.31 Å². The standard InChI is InChI=1S/C8H11NO4S2/c1-6(8(10)11)9(2)15(12,13)7-4-3-5-14-7/h3-6H,1-2H3,(H,10,11). The van der Waals surface area contributed by atoms with Gasteiger partial charge in [0.1, 0.15) is 10.3 Å². The van der Waals surface area contributed by atoms with Gasteiger partial charge >= 0.3 is 5.97 Å². The molecular formula is C8H11NO4S2. The van der Waals surface area contributed by atoms with Crippen LogP contribution < -0.4 is 0 Å². The Morgan fingerprint density at radius 1 is 1.60 bits per heavy atom. The number of nitrogens with zero attached hydrogens (tertiary/aromatic N) is 1. The first-order valence-electron chi connectivity index (χ1n) is 4.11. The maximum atomic E-state index is 11.8. The number of hydrogen-bond acceptors (Lipinski definition) is 4. The van der Waals surface area contributed by atoms with Crippen LogP contribution in [0.15, 0.2) is 21.7 Å². The number of aliphatic carboxylic acids is 1. The molecule has 5 nitrogen and oxygen atoms in total. The SMILES string of the molecule is CC(C(=O)O)N(C)S(=O)(=O)c1cccs1. The molecule has 1 aromatic rings. The van der Waals surface area contributed by atoms with Gasteiger partial charge in [0.2, 0.25) is 0 Å². The molecule has 0 aliphatic carbocycles. The van der Waals surface area contributed by atoms with Crippen LogP contribution in [0.1, 0.15) is 6.92 Å². The number of carboxylic acid groups (broad SMARTS) is 1. The summed E-state index contributed by atoms with van der Waals surface area (Å²) < 4.78 is 24.6. The zero-order valence-electron chi connectivity index (χ0n) is 8.25. The molecule has 1 unspecified atom stereocenters. The highest BCUT2D eigenvalue weighted by Gasteiger charge is 2.29. The van der Waals surface area contributed by atoms with Crippen molar-refractivity contribution in [3.8, 4) is 0 Å². The first-order chi connectivity index (χ1) is 6.87. The third kappa shape index (κ3) is 2.36. The van der Waals surface area contributed by atoms with E-state index in [9.17, 15) is 13.2 Å². The Kier molecular flexibility index (Phi) is 3.48. The highest BCUT2D eigenvalue weighted by molar-refractivity contribution is 7.91. The maximum Gasteiger partial charge on any atom is 0.321 e. The first-order valence-corrected chi connectivity index (χ1v) is 6.43. The van der Waals surface area contributed by atoms with Gasteiger partial charge in [-0.15, -0.1) is 11.3 Å². The van der Waals surface area contributed by atoms with Crippen molar-refractivity contribution in [2.75, 3.05) is 7.05 Å². The summed E-state index contributed by atoms with van der Waals surface area (Å²) in [5.41, 5.74) is 0. The van der Waals surface area contributed by atoms with Crippen LogP contribution in [-0.4, -0.2) is 36.9 Å². The van der Waals surface area contributed by atoms with Crippen molar-refractivity contribution in [3.05, 3.63) is 17.5 Å². The van der Waals surface area contributed by atoms with Crippen LogP contribution in [0, 0.1) is 0 Å². The Morgan fingerprint density at radius 3 is 2.60 bits per heavy atom. The number of sulfonamides is 1. The molecule has 1 heterocycles. The summed E-state index contributed by atoms with van der Waals surface area (Å²) in [4.78, 5) is 10.7. The summed E-state index contributed by atoms with van der Waals surface area (Å²) in [7, 11) is -2.41. The minimum Gasteiger partial charge on any atom is -0.480 e. The molecule has 15 heavy (non-hydrogen) atoms. The molecule has 0 aliphatic rings. The average molecular weight is 249 g/mol. The third-order valence-corrected chi connectivity index (χ3v) is 5.33. The molecule has 0 amide bonds. The van der Waals surface area contributed by atoms with Gasteiger partial charge in [-0.1, -0.05) is 6.07 Å². The van der Waals surface area contributed by atoms with Crippen molar-refractivity contribution in [3.63, 3.8) is 0 Å². The predicted octanol–water partition coefficient (Wildman–Crippen LogP) is 0.842.